The molecule has 0 aromatic heterocycles. The summed E-state index contributed by atoms with van der Waals surface area (Å²) >= 11 is 0. The lowest BCUT2D eigenvalue weighted by Gasteiger charge is -2.13. The fourth-order valence-electron chi connectivity index (χ4n) is 3.03. The predicted octanol–water partition coefficient (Wildman–Crippen LogP) is 5.16. The molecule has 0 spiro atoms. The summed E-state index contributed by atoms with van der Waals surface area (Å²) in [6, 6.07) is 28.1. The lowest BCUT2D eigenvalue weighted by atomic mass is 9.92. The summed E-state index contributed by atoms with van der Waals surface area (Å²) in [5, 5.41) is 6.44. The van der Waals surface area contributed by atoms with E-state index in [2.05, 4.69) is 88.1 Å². The van der Waals surface area contributed by atoms with Crippen LogP contribution in [0.4, 0.5) is 0 Å². The quantitative estimate of drug-likeness (QED) is 0.335. The summed E-state index contributed by atoms with van der Waals surface area (Å²) in [4.78, 5) is 0. The number of hydrogen-bond acceptors (Lipinski definition) is 0. The minimum atomic E-state index is 1.24. The molecule has 0 heterocycles. The maximum absolute atomic E-state index is 2.86. The van der Waals surface area contributed by atoms with Crippen molar-refractivity contribution >= 4 is 36.1 Å². The van der Waals surface area contributed by atoms with Gasteiger partial charge >= 0.3 is 0 Å². The first-order valence-corrected chi connectivity index (χ1v) is 7.68. The van der Waals surface area contributed by atoms with Crippen LogP contribution < -0.4 is 5.30 Å². The van der Waals surface area contributed by atoms with Gasteiger partial charge in [-0.05, 0) is 44.0 Å². The van der Waals surface area contributed by atoms with Gasteiger partial charge < -0.3 is 0 Å². The van der Waals surface area contributed by atoms with Gasteiger partial charge in [0.15, 0.2) is 0 Å². The molecule has 0 amide bonds. The molecule has 100 valence electrons. The number of benzene rings is 4. The number of fused-ring (bicyclic) bond motifs is 2. The molecule has 0 N–H and O–H groups in total. The van der Waals surface area contributed by atoms with Gasteiger partial charge in [-0.2, -0.15) is 0 Å². The standard InChI is InChI=1S/C20H15P/c21-19-12-6-5-11-18(19)20-16-9-3-1-7-14(16)13-15-8-2-4-10-17(15)20/h1-13H,21H2. The SMILES string of the molecule is Pc1ccccc1-c1c2ccccc2cc2ccccc12. The van der Waals surface area contributed by atoms with Crippen LogP contribution in [0.3, 0.4) is 0 Å². The molecule has 0 aliphatic carbocycles. The summed E-state index contributed by atoms with van der Waals surface area (Å²) < 4.78 is 0. The van der Waals surface area contributed by atoms with E-state index in [4.69, 9.17) is 0 Å². The second-order valence-corrected chi connectivity index (χ2v) is 5.90. The molecule has 4 aromatic carbocycles. The van der Waals surface area contributed by atoms with Crippen LogP contribution in [0.15, 0.2) is 78.9 Å². The topological polar surface area (TPSA) is 0 Å². The highest BCUT2D eigenvalue weighted by atomic mass is 31.0. The molecule has 0 aliphatic rings. The van der Waals surface area contributed by atoms with Crippen LogP contribution in [0.25, 0.3) is 32.7 Å². The van der Waals surface area contributed by atoms with E-state index in [1.807, 2.05) is 0 Å². The molecule has 0 bridgehead atoms. The van der Waals surface area contributed by atoms with Gasteiger partial charge in [0.1, 0.15) is 0 Å². The molecule has 1 unspecified atom stereocenters. The van der Waals surface area contributed by atoms with Crippen molar-refractivity contribution in [2.24, 2.45) is 0 Å². The summed E-state index contributed by atoms with van der Waals surface area (Å²) in [6.07, 6.45) is 0. The van der Waals surface area contributed by atoms with E-state index in [1.165, 1.54) is 38.0 Å². The molecule has 0 aliphatic heterocycles. The van der Waals surface area contributed by atoms with Crippen LogP contribution >= 0.6 is 9.24 Å². The maximum atomic E-state index is 2.86. The van der Waals surface area contributed by atoms with E-state index in [1.54, 1.807) is 0 Å². The van der Waals surface area contributed by atoms with E-state index in [0.29, 0.717) is 0 Å². The smallest absolute Gasteiger partial charge is 0.00206 e. The summed E-state index contributed by atoms with van der Waals surface area (Å²) in [7, 11) is 2.86. The van der Waals surface area contributed by atoms with Gasteiger partial charge in [-0.25, -0.2) is 0 Å². The van der Waals surface area contributed by atoms with Crippen molar-refractivity contribution in [3.63, 3.8) is 0 Å². The van der Waals surface area contributed by atoms with Crippen molar-refractivity contribution in [2.45, 2.75) is 0 Å². The minimum Gasteiger partial charge on any atom is -0.105 e. The molecule has 0 nitrogen and oxygen atoms in total. The largest absolute Gasteiger partial charge is 0.105 e. The molecule has 0 saturated heterocycles. The second-order valence-electron chi connectivity index (χ2n) is 5.28. The van der Waals surface area contributed by atoms with E-state index in [-0.39, 0.29) is 0 Å². The normalized spacial score (nSPS) is 11.1. The average molecular weight is 286 g/mol. The molecule has 1 heteroatoms. The molecular formula is C20H15P. The van der Waals surface area contributed by atoms with Crippen LogP contribution in [0, 0.1) is 0 Å². The summed E-state index contributed by atoms with van der Waals surface area (Å²) in [5.41, 5.74) is 2.62. The second kappa shape index (κ2) is 4.98. The molecule has 0 saturated carbocycles. The third-order valence-corrected chi connectivity index (χ3v) is 4.50. The van der Waals surface area contributed by atoms with Gasteiger partial charge in [0.05, 0.1) is 0 Å². The number of hydrogen-bond donors (Lipinski definition) is 0. The highest BCUT2D eigenvalue weighted by molar-refractivity contribution is 7.28. The van der Waals surface area contributed by atoms with Crippen LogP contribution in [0.5, 0.6) is 0 Å². The molecule has 4 aromatic rings. The van der Waals surface area contributed by atoms with Gasteiger partial charge in [-0.1, -0.05) is 72.8 Å². The third kappa shape index (κ3) is 2.04. The first kappa shape index (κ1) is 12.6. The van der Waals surface area contributed by atoms with Crippen LogP contribution in [0.1, 0.15) is 0 Å². The monoisotopic (exact) mass is 286 g/mol. The minimum absolute atomic E-state index is 1.24. The van der Waals surface area contributed by atoms with E-state index >= 15 is 0 Å². The van der Waals surface area contributed by atoms with Gasteiger partial charge in [-0.15, -0.1) is 9.24 Å². The zero-order valence-corrected chi connectivity index (χ0v) is 12.7. The Balaban J connectivity index is 2.25. The van der Waals surface area contributed by atoms with E-state index in [9.17, 15) is 0 Å². The number of rotatable bonds is 1. The van der Waals surface area contributed by atoms with E-state index in [0.717, 1.165) is 0 Å². The average Bonchev–Trinajstić information content (AvgIpc) is 2.53. The molecule has 0 radical (unpaired) electrons. The first-order valence-electron chi connectivity index (χ1n) is 7.10. The van der Waals surface area contributed by atoms with E-state index < -0.39 is 0 Å². The molecular weight excluding hydrogens is 271 g/mol. The lowest BCUT2D eigenvalue weighted by Crippen LogP contribution is -1.97. The lowest BCUT2D eigenvalue weighted by molar-refractivity contribution is 1.71. The van der Waals surface area contributed by atoms with Crippen molar-refractivity contribution in [2.75, 3.05) is 0 Å². The molecule has 0 fully saturated rings. The van der Waals surface area contributed by atoms with Gasteiger partial charge in [-0.3, -0.25) is 0 Å². The Hall–Kier alpha value is -2.17. The molecule has 21 heavy (non-hydrogen) atoms. The summed E-state index contributed by atoms with van der Waals surface area (Å²) in [6.45, 7) is 0. The maximum Gasteiger partial charge on any atom is -0.00206 e. The van der Waals surface area contributed by atoms with Crippen LogP contribution in [-0.2, 0) is 0 Å². The Labute approximate surface area is 126 Å². The highest BCUT2D eigenvalue weighted by Crippen LogP contribution is 2.35. The Morgan fingerprint density at radius 3 is 1.71 bits per heavy atom. The van der Waals surface area contributed by atoms with Gasteiger partial charge in [0, 0.05) is 0 Å². The molecule has 4 rings (SSSR count). The Bertz CT molecular complexity index is 900. The van der Waals surface area contributed by atoms with Crippen molar-refractivity contribution in [3.05, 3.63) is 78.9 Å². The Morgan fingerprint density at radius 2 is 1.10 bits per heavy atom. The third-order valence-electron chi connectivity index (χ3n) is 4.00. The Kier molecular flexibility index (Phi) is 2.98. The van der Waals surface area contributed by atoms with Gasteiger partial charge in [0.25, 0.3) is 0 Å². The van der Waals surface area contributed by atoms with Crippen molar-refractivity contribution in [1.82, 2.24) is 0 Å². The molecule has 1 atom stereocenters. The fourth-order valence-corrected chi connectivity index (χ4v) is 3.38. The van der Waals surface area contributed by atoms with Crippen LogP contribution in [-0.4, -0.2) is 0 Å². The predicted molar refractivity (Wildman–Crippen MR) is 96.2 cm³/mol. The van der Waals surface area contributed by atoms with Crippen molar-refractivity contribution < 1.29 is 0 Å². The van der Waals surface area contributed by atoms with Crippen LogP contribution in [0.2, 0.25) is 0 Å². The van der Waals surface area contributed by atoms with Crippen molar-refractivity contribution in [3.8, 4) is 11.1 Å². The Morgan fingerprint density at radius 1 is 0.571 bits per heavy atom. The van der Waals surface area contributed by atoms with Crippen molar-refractivity contribution in [1.29, 1.82) is 0 Å². The fraction of sp³-hybridized carbons (Fsp3) is 0. The zero-order valence-electron chi connectivity index (χ0n) is 11.6. The van der Waals surface area contributed by atoms with Gasteiger partial charge in [0.2, 0.25) is 0 Å². The highest BCUT2D eigenvalue weighted by Gasteiger charge is 2.10. The summed E-state index contributed by atoms with van der Waals surface area (Å²) in [5.74, 6) is 0. The first-order chi connectivity index (χ1) is 10.3. The zero-order chi connectivity index (χ0) is 14.2.